The van der Waals surface area contributed by atoms with Crippen molar-refractivity contribution in [2.45, 2.75) is 13.8 Å². The summed E-state index contributed by atoms with van der Waals surface area (Å²) in [7, 11) is 0. The number of carbonyl (C=O) groups is 2. The molecule has 26 heavy (non-hydrogen) atoms. The number of rotatable bonds is 5. The zero-order valence-electron chi connectivity index (χ0n) is 15.0. The average Bonchev–Trinajstić information content (AvgIpc) is 2.59. The van der Waals surface area contributed by atoms with Crippen molar-refractivity contribution in [3.8, 4) is 0 Å². The smallest absolute Gasteiger partial charge is 0.246 e. The third-order valence-electron chi connectivity index (χ3n) is 4.52. The Morgan fingerprint density at radius 1 is 1.08 bits per heavy atom. The molecule has 1 aliphatic rings. The Kier molecular flexibility index (Phi) is 6.85. The summed E-state index contributed by atoms with van der Waals surface area (Å²) in [5, 5.41) is 9.38. The maximum Gasteiger partial charge on any atom is 0.246 e. The molecule has 0 aromatic heterocycles. The summed E-state index contributed by atoms with van der Waals surface area (Å²) in [5.74, 6) is -2.16. The third-order valence-corrected chi connectivity index (χ3v) is 4.52. The van der Waals surface area contributed by atoms with Gasteiger partial charge in [-0.2, -0.15) is 0 Å². The Bertz CT molecular complexity index is 663. The van der Waals surface area contributed by atoms with Crippen molar-refractivity contribution in [1.82, 2.24) is 9.80 Å². The standard InChI is InChI=1S/C19H24F2N2O3/c1-13(2)17(12-24)19(26)23-7-5-22(6-8-23)18(25)4-3-14-9-15(20)11-16(21)10-14/h3-4,9-11,13,17,24H,5-8,12H2,1-2H3/b4-3+. The molecule has 1 N–H and O–H groups in total. The van der Waals surface area contributed by atoms with Crippen LogP contribution in [0.2, 0.25) is 0 Å². The molecule has 2 rings (SSSR count). The fraction of sp³-hybridized carbons (Fsp3) is 0.474. The SMILES string of the molecule is CC(C)C(CO)C(=O)N1CCN(C(=O)/C=C/c2cc(F)cc(F)c2)CC1. The molecule has 0 bridgehead atoms. The summed E-state index contributed by atoms with van der Waals surface area (Å²) in [6.07, 6.45) is 2.64. The molecule has 1 aliphatic heterocycles. The van der Waals surface area contributed by atoms with Crippen LogP contribution >= 0.6 is 0 Å². The van der Waals surface area contributed by atoms with E-state index in [-0.39, 0.29) is 29.9 Å². The highest BCUT2D eigenvalue weighted by Crippen LogP contribution is 2.16. The van der Waals surface area contributed by atoms with Gasteiger partial charge in [-0.25, -0.2) is 8.78 Å². The van der Waals surface area contributed by atoms with Crippen LogP contribution in [0.3, 0.4) is 0 Å². The van der Waals surface area contributed by atoms with E-state index in [0.29, 0.717) is 26.2 Å². The summed E-state index contributed by atoms with van der Waals surface area (Å²) in [5.41, 5.74) is 0.271. The first-order valence-corrected chi connectivity index (χ1v) is 8.64. The van der Waals surface area contributed by atoms with Crippen molar-refractivity contribution in [2.24, 2.45) is 11.8 Å². The van der Waals surface area contributed by atoms with Gasteiger partial charge in [-0.15, -0.1) is 0 Å². The van der Waals surface area contributed by atoms with Gasteiger partial charge in [0.2, 0.25) is 11.8 Å². The number of halogens is 2. The van der Waals surface area contributed by atoms with Crippen LogP contribution in [0.25, 0.3) is 6.08 Å². The number of nitrogens with zero attached hydrogens (tertiary/aromatic N) is 2. The second kappa shape index (κ2) is 8.89. The monoisotopic (exact) mass is 366 g/mol. The fourth-order valence-corrected chi connectivity index (χ4v) is 2.90. The van der Waals surface area contributed by atoms with Gasteiger partial charge in [0.15, 0.2) is 0 Å². The van der Waals surface area contributed by atoms with E-state index in [1.54, 1.807) is 9.80 Å². The summed E-state index contributed by atoms with van der Waals surface area (Å²) >= 11 is 0. The van der Waals surface area contributed by atoms with Gasteiger partial charge in [0, 0.05) is 38.3 Å². The second-order valence-corrected chi connectivity index (χ2v) is 6.72. The van der Waals surface area contributed by atoms with E-state index in [4.69, 9.17) is 0 Å². The first-order chi connectivity index (χ1) is 12.3. The molecule has 1 aromatic carbocycles. The molecule has 1 fully saturated rings. The number of benzene rings is 1. The zero-order valence-corrected chi connectivity index (χ0v) is 15.0. The van der Waals surface area contributed by atoms with Crippen molar-refractivity contribution in [3.05, 3.63) is 41.5 Å². The molecule has 1 unspecified atom stereocenters. The molecule has 1 atom stereocenters. The lowest BCUT2D eigenvalue weighted by Crippen LogP contribution is -2.52. The summed E-state index contributed by atoms with van der Waals surface area (Å²) in [6, 6.07) is 3.06. The fourth-order valence-electron chi connectivity index (χ4n) is 2.90. The number of carbonyl (C=O) groups excluding carboxylic acids is 2. The Morgan fingerprint density at radius 3 is 2.12 bits per heavy atom. The summed E-state index contributed by atoms with van der Waals surface area (Å²) in [6.45, 7) is 5.14. The number of piperazine rings is 1. The predicted octanol–water partition coefficient (Wildman–Crippen LogP) is 1.91. The minimum absolute atomic E-state index is 0.0433. The molecule has 7 heteroatoms. The lowest BCUT2D eigenvalue weighted by atomic mass is 9.95. The number of hydrogen-bond donors (Lipinski definition) is 1. The van der Waals surface area contributed by atoms with Gasteiger partial charge in [-0.1, -0.05) is 13.8 Å². The van der Waals surface area contributed by atoms with E-state index < -0.39 is 17.6 Å². The average molecular weight is 366 g/mol. The van der Waals surface area contributed by atoms with Crippen molar-refractivity contribution in [2.75, 3.05) is 32.8 Å². The minimum atomic E-state index is -0.701. The normalized spacial score (nSPS) is 16.4. The van der Waals surface area contributed by atoms with Crippen LogP contribution in [0.5, 0.6) is 0 Å². The number of aliphatic hydroxyl groups is 1. The second-order valence-electron chi connectivity index (χ2n) is 6.72. The lowest BCUT2D eigenvalue weighted by molar-refractivity contribution is -0.142. The molecule has 0 saturated carbocycles. The Morgan fingerprint density at radius 2 is 1.62 bits per heavy atom. The van der Waals surface area contributed by atoms with E-state index in [1.807, 2.05) is 13.8 Å². The van der Waals surface area contributed by atoms with Crippen LogP contribution in [-0.2, 0) is 9.59 Å². The minimum Gasteiger partial charge on any atom is -0.396 e. The van der Waals surface area contributed by atoms with Gasteiger partial charge in [-0.3, -0.25) is 9.59 Å². The maximum absolute atomic E-state index is 13.2. The molecule has 2 amide bonds. The molecule has 0 radical (unpaired) electrons. The van der Waals surface area contributed by atoms with Crippen molar-refractivity contribution in [3.63, 3.8) is 0 Å². The van der Waals surface area contributed by atoms with Crippen LogP contribution in [0.4, 0.5) is 8.78 Å². The number of aliphatic hydroxyl groups excluding tert-OH is 1. The van der Waals surface area contributed by atoms with Gasteiger partial charge >= 0.3 is 0 Å². The van der Waals surface area contributed by atoms with Crippen LogP contribution in [0.15, 0.2) is 24.3 Å². The largest absolute Gasteiger partial charge is 0.396 e. The zero-order chi connectivity index (χ0) is 19.3. The highest BCUT2D eigenvalue weighted by molar-refractivity contribution is 5.92. The first-order valence-electron chi connectivity index (χ1n) is 8.64. The summed E-state index contributed by atoms with van der Waals surface area (Å²) < 4.78 is 26.3. The van der Waals surface area contributed by atoms with Gasteiger partial charge in [0.1, 0.15) is 11.6 Å². The van der Waals surface area contributed by atoms with Crippen LogP contribution in [-0.4, -0.2) is 59.5 Å². The summed E-state index contributed by atoms with van der Waals surface area (Å²) in [4.78, 5) is 27.9. The van der Waals surface area contributed by atoms with Crippen molar-refractivity contribution < 1.29 is 23.5 Å². The van der Waals surface area contributed by atoms with E-state index in [0.717, 1.165) is 18.2 Å². The molecule has 0 spiro atoms. The van der Waals surface area contributed by atoms with E-state index >= 15 is 0 Å². The maximum atomic E-state index is 13.2. The van der Waals surface area contributed by atoms with Crippen molar-refractivity contribution >= 4 is 17.9 Å². The number of amides is 2. The van der Waals surface area contributed by atoms with Crippen molar-refractivity contribution in [1.29, 1.82) is 0 Å². The third kappa shape index (κ3) is 5.11. The highest BCUT2D eigenvalue weighted by Gasteiger charge is 2.29. The predicted molar refractivity (Wildman–Crippen MR) is 94.0 cm³/mol. The van der Waals surface area contributed by atoms with Crippen LogP contribution in [0.1, 0.15) is 19.4 Å². The quantitative estimate of drug-likeness (QED) is 0.810. The lowest BCUT2D eigenvalue weighted by Gasteiger charge is -2.36. The van der Waals surface area contributed by atoms with E-state index in [9.17, 15) is 23.5 Å². The van der Waals surface area contributed by atoms with E-state index in [1.165, 1.54) is 12.2 Å². The first kappa shape index (κ1) is 20.0. The molecule has 0 aliphatic carbocycles. The van der Waals surface area contributed by atoms with Crippen LogP contribution in [0, 0.1) is 23.5 Å². The molecular weight excluding hydrogens is 342 g/mol. The molecule has 5 nitrogen and oxygen atoms in total. The Balaban J connectivity index is 1.91. The highest BCUT2D eigenvalue weighted by atomic mass is 19.1. The topological polar surface area (TPSA) is 60.9 Å². The Labute approximate surface area is 151 Å². The molecule has 1 saturated heterocycles. The van der Waals surface area contributed by atoms with Gasteiger partial charge in [0.25, 0.3) is 0 Å². The molecular formula is C19H24F2N2O3. The molecule has 1 heterocycles. The van der Waals surface area contributed by atoms with Gasteiger partial charge < -0.3 is 14.9 Å². The van der Waals surface area contributed by atoms with Crippen LogP contribution < -0.4 is 0 Å². The van der Waals surface area contributed by atoms with Gasteiger partial charge in [-0.05, 0) is 29.7 Å². The van der Waals surface area contributed by atoms with Gasteiger partial charge in [0.05, 0.1) is 12.5 Å². The molecule has 142 valence electrons. The number of hydrogen-bond acceptors (Lipinski definition) is 3. The van der Waals surface area contributed by atoms with E-state index in [2.05, 4.69) is 0 Å². The Hall–Kier alpha value is -2.28. The molecule has 1 aromatic rings.